The van der Waals surface area contributed by atoms with Gasteiger partial charge in [-0.25, -0.2) is 0 Å². The minimum absolute atomic E-state index is 0.0794. The highest BCUT2D eigenvalue weighted by Crippen LogP contribution is 2.14. The molecule has 0 aromatic carbocycles. The second-order valence-corrected chi connectivity index (χ2v) is 3.66. The van der Waals surface area contributed by atoms with E-state index in [-0.39, 0.29) is 19.1 Å². The van der Waals surface area contributed by atoms with Crippen molar-refractivity contribution in [3.05, 3.63) is 11.4 Å². The van der Waals surface area contributed by atoms with E-state index < -0.39 is 0 Å². The van der Waals surface area contributed by atoms with Gasteiger partial charge in [-0.1, -0.05) is 0 Å². The zero-order valence-corrected chi connectivity index (χ0v) is 10.5. The minimum atomic E-state index is -0.338. The molecule has 1 aromatic heterocycles. The number of nitrogen functional groups attached to an aromatic ring is 1. The van der Waals surface area contributed by atoms with Crippen molar-refractivity contribution in [3.63, 3.8) is 0 Å². The minimum Gasteiger partial charge on any atom is -0.462 e. The maximum absolute atomic E-state index is 11.5. The van der Waals surface area contributed by atoms with Gasteiger partial charge in [0.1, 0.15) is 13.2 Å². The number of nitrogens with zero attached hydrogens (tertiary/aromatic N) is 2. The highest BCUT2D eigenvalue weighted by atomic mass is 16.6. The predicted molar refractivity (Wildman–Crippen MR) is 63.6 cm³/mol. The lowest BCUT2D eigenvalue weighted by Gasteiger charge is -2.06. The van der Waals surface area contributed by atoms with Gasteiger partial charge in [-0.05, 0) is 20.8 Å². The van der Waals surface area contributed by atoms with E-state index in [0.717, 1.165) is 11.4 Å². The van der Waals surface area contributed by atoms with Crippen molar-refractivity contribution in [1.29, 1.82) is 0 Å². The van der Waals surface area contributed by atoms with Crippen molar-refractivity contribution in [1.82, 2.24) is 9.78 Å². The lowest BCUT2D eigenvalue weighted by Crippen LogP contribution is -2.18. The van der Waals surface area contributed by atoms with Crippen molar-refractivity contribution < 1.29 is 14.3 Å². The van der Waals surface area contributed by atoms with E-state index >= 15 is 0 Å². The van der Waals surface area contributed by atoms with E-state index in [2.05, 4.69) is 5.10 Å². The monoisotopic (exact) mass is 241 g/mol. The average Bonchev–Trinajstić information content (AvgIpc) is 2.53. The summed E-state index contributed by atoms with van der Waals surface area (Å²) in [5.41, 5.74) is 7.89. The molecule has 0 fully saturated rings. The number of esters is 1. The molecule has 0 saturated heterocycles. The Labute approximate surface area is 101 Å². The van der Waals surface area contributed by atoms with Crippen molar-refractivity contribution >= 4 is 11.7 Å². The quantitative estimate of drug-likeness (QED) is 0.584. The second-order valence-electron chi connectivity index (χ2n) is 3.66. The summed E-state index contributed by atoms with van der Waals surface area (Å²) in [6, 6.07) is 0. The van der Waals surface area contributed by atoms with E-state index in [9.17, 15) is 4.79 Å². The Hall–Kier alpha value is -1.56. The molecule has 96 valence electrons. The number of carbonyl (C=O) groups excluding carboxylic acids is 1. The zero-order chi connectivity index (χ0) is 12.8. The number of aryl methyl sites for hydroxylation is 1. The summed E-state index contributed by atoms with van der Waals surface area (Å²) in [6.45, 7) is 6.90. The summed E-state index contributed by atoms with van der Waals surface area (Å²) in [6.07, 6.45) is 0. The predicted octanol–water partition coefficient (Wildman–Crippen LogP) is 0.662. The average molecular weight is 241 g/mol. The molecule has 17 heavy (non-hydrogen) atoms. The fraction of sp³-hybridized carbons (Fsp3) is 0.636. The Morgan fingerprint density at radius 3 is 2.65 bits per heavy atom. The summed E-state index contributed by atoms with van der Waals surface area (Å²) in [4.78, 5) is 11.5. The van der Waals surface area contributed by atoms with E-state index in [1.165, 1.54) is 0 Å². The zero-order valence-electron chi connectivity index (χ0n) is 10.5. The first-order chi connectivity index (χ1) is 8.06. The SMILES string of the molecule is CCOCCOC(=O)Cn1nc(C)c(N)c1C. The van der Waals surface area contributed by atoms with Crippen LogP contribution in [0.4, 0.5) is 5.69 Å². The standard InChI is InChI=1S/C11H19N3O3/c1-4-16-5-6-17-10(15)7-14-9(3)11(12)8(2)13-14/h4-7,12H2,1-3H3. The summed E-state index contributed by atoms with van der Waals surface area (Å²) >= 11 is 0. The Bertz CT molecular complexity index is 388. The normalized spacial score (nSPS) is 10.5. The molecule has 0 aliphatic heterocycles. The first-order valence-electron chi connectivity index (χ1n) is 5.59. The molecule has 0 spiro atoms. The van der Waals surface area contributed by atoms with Crippen LogP contribution in [-0.4, -0.2) is 35.6 Å². The number of ether oxygens (including phenoxy) is 2. The van der Waals surface area contributed by atoms with E-state index in [0.29, 0.717) is 18.9 Å². The van der Waals surface area contributed by atoms with E-state index in [1.807, 2.05) is 13.8 Å². The van der Waals surface area contributed by atoms with Crippen LogP contribution in [0.5, 0.6) is 0 Å². The molecule has 0 atom stereocenters. The van der Waals surface area contributed by atoms with Crippen LogP contribution in [0.2, 0.25) is 0 Å². The second kappa shape index (κ2) is 6.24. The van der Waals surface area contributed by atoms with E-state index in [1.54, 1.807) is 11.6 Å². The van der Waals surface area contributed by atoms with Gasteiger partial charge in [0.05, 0.1) is 23.7 Å². The van der Waals surface area contributed by atoms with Gasteiger partial charge in [-0.3, -0.25) is 9.48 Å². The molecule has 0 amide bonds. The summed E-state index contributed by atoms with van der Waals surface area (Å²) in [7, 11) is 0. The van der Waals surface area contributed by atoms with Crippen molar-refractivity contribution in [2.45, 2.75) is 27.3 Å². The summed E-state index contributed by atoms with van der Waals surface area (Å²) in [5, 5.41) is 4.15. The van der Waals surface area contributed by atoms with Crippen LogP contribution in [0.25, 0.3) is 0 Å². The van der Waals surface area contributed by atoms with Gasteiger partial charge in [0.25, 0.3) is 0 Å². The topological polar surface area (TPSA) is 79.4 Å². The van der Waals surface area contributed by atoms with Gasteiger partial charge in [0.2, 0.25) is 0 Å². The molecule has 0 aliphatic carbocycles. The van der Waals surface area contributed by atoms with Crippen molar-refractivity contribution in [3.8, 4) is 0 Å². The molecular formula is C11H19N3O3. The fourth-order valence-electron chi connectivity index (χ4n) is 1.39. The van der Waals surface area contributed by atoms with Gasteiger partial charge in [-0.2, -0.15) is 5.10 Å². The molecule has 0 unspecified atom stereocenters. The first kappa shape index (κ1) is 13.5. The van der Waals surface area contributed by atoms with Crippen LogP contribution >= 0.6 is 0 Å². The Kier molecular flexibility index (Phi) is 4.96. The number of hydrogen-bond acceptors (Lipinski definition) is 5. The molecule has 0 bridgehead atoms. The van der Waals surface area contributed by atoms with Gasteiger partial charge in [0, 0.05) is 6.61 Å². The Morgan fingerprint density at radius 1 is 1.41 bits per heavy atom. The fourth-order valence-corrected chi connectivity index (χ4v) is 1.39. The molecule has 1 rings (SSSR count). The van der Waals surface area contributed by atoms with Gasteiger partial charge in [0.15, 0.2) is 0 Å². The number of anilines is 1. The third kappa shape index (κ3) is 3.74. The van der Waals surface area contributed by atoms with Crippen LogP contribution < -0.4 is 5.73 Å². The number of hydrogen-bond donors (Lipinski definition) is 1. The van der Waals surface area contributed by atoms with E-state index in [4.69, 9.17) is 15.2 Å². The van der Waals surface area contributed by atoms with Crippen LogP contribution in [0.3, 0.4) is 0 Å². The molecule has 2 N–H and O–H groups in total. The number of aromatic nitrogens is 2. The van der Waals surface area contributed by atoms with Crippen LogP contribution in [0, 0.1) is 13.8 Å². The van der Waals surface area contributed by atoms with Crippen molar-refractivity contribution in [2.75, 3.05) is 25.6 Å². The molecule has 0 saturated carbocycles. The molecule has 1 aromatic rings. The smallest absolute Gasteiger partial charge is 0.327 e. The van der Waals surface area contributed by atoms with Crippen molar-refractivity contribution in [2.24, 2.45) is 0 Å². The molecule has 6 heteroatoms. The highest BCUT2D eigenvalue weighted by molar-refractivity contribution is 5.69. The molecule has 6 nitrogen and oxygen atoms in total. The largest absolute Gasteiger partial charge is 0.462 e. The Morgan fingerprint density at radius 2 is 2.12 bits per heavy atom. The van der Waals surface area contributed by atoms with Crippen LogP contribution in [0.1, 0.15) is 18.3 Å². The first-order valence-corrected chi connectivity index (χ1v) is 5.59. The number of nitrogens with two attached hydrogens (primary N) is 1. The summed E-state index contributed by atoms with van der Waals surface area (Å²) < 4.78 is 11.6. The highest BCUT2D eigenvalue weighted by Gasteiger charge is 2.11. The lowest BCUT2D eigenvalue weighted by molar-refractivity contribution is -0.146. The van der Waals surface area contributed by atoms with Gasteiger partial charge >= 0.3 is 5.97 Å². The third-order valence-electron chi connectivity index (χ3n) is 2.41. The van der Waals surface area contributed by atoms with Gasteiger partial charge < -0.3 is 15.2 Å². The van der Waals surface area contributed by atoms with Crippen LogP contribution in [-0.2, 0) is 20.8 Å². The molecule has 1 heterocycles. The third-order valence-corrected chi connectivity index (χ3v) is 2.41. The number of rotatable bonds is 6. The maximum Gasteiger partial charge on any atom is 0.327 e. The Balaban J connectivity index is 2.42. The molecule has 0 aliphatic rings. The van der Waals surface area contributed by atoms with Crippen LogP contribution in [0.15, 0.2) is 0 Å². The molecular weight excluding hydrogens is 222 g/mol. The maximum atomic E-state index is 11.5. The molecule has 0 radical (unpaired) electrons. The summed E-state index contributed by atoms with van der Waals surface area (Å²) in [5.74, 6) is -0.338. The number of carbonyl (C=O) groups is 1. The van der Waals surface area contributed by atoms with Gasteiger partial charge in [-0.15, -0.1) is 0 Å². The lowest BCUT2D eigenvalue weighted by atomic mass is 10.3.